The maximum absolute atomic E-state index is 10.5. The highest BCUT2D eigenvalue weighted by atomic mass is 16.6. The Morgan fingerprint density at radius 2 is 1.89 bits per heavy atom. The summed E-state index contributed by atoms with van der Waals surface area (Å²) in [5.74, 6) is 6.19. The second-order valence-electron chi connectivity index (χ2n) is 5.08. The molecule has 0 aliphatic rings. The fraction of sp³-hybridized carbons (Fsp3) is 0.429. The number of nitrogens with one attached hydrogen (secondary N) is 1. The molecule has 0 saturated heterocycles. The maximum Gasteiger partial charge on any atom is 0.269 e. The zero-order valence-electron chi connectivity index (χ0n) is 11.0. The van der Waals surface area contributed by atoms with E-state index in [-0.39, 0.29) is 11.1 Å². The van der Waals surface area contributed by atoms with Crippen LogP contribution in [0.2, 0.25) is 0 Å². The maximum atomic E-state index is 10.5. The van der Waals surface area contributed by atoms with Gasteiger partial charge in [-0.15, -0.1) is 0 Å². The number of nitro benzene ring substituents is 1. The first-order valence-corrected chi connectivity index (χ1v) is 5.82. The summed E-state index contributed by atoms with van der Waals surface area (Å²) in [4.78, 5) is 10.1. The lowest BCUT2D eigenvalue weighted by Crippen LogP contribution is -2.13. The van der Waals surface area contributed by atoms with Crippen molar-refractivity contribution in [3.63, 3.8) is 0 Å². The smallest absolute Gasteiger partial charge is 0.269 e. The summed E-state index contributed by atoms with van der Waals surface area (Å²) in [5, 5.41) is 13.7. The standard InChI is InChI=1S/C14H18N2O2/c1-14(2,3)9-4-10-15-11-12-5-7-13(8-6-12)16(17)18/h5-8,15H,10-11H2,1-3H3. The lowest BCUT2D eigenvalue weighted by molar-refractivity contribution is -0.384. The molecule has 0 radical (unpaired) electrons. The quantitative estimate of drug-likeness (QED) is 0.384. The summed E-state index contributed by atoms with van der Waals surface area (Å²) < 4.78 is 0. The van der Waals surface area contributed by atoms with E-state index in [9.17, 15) is 10.1 Å². The molecule has 0 aromatic heterocycles. The molecular formula is C14H18N2O2. The summed E-state index contributed by atoms with van der Waals surface area (Å²) in [7, 11) is 0. The van der Waals surface area contributed by atoms with Crippen molar-refractivity contribution in [2.24, 2.45) is 5.41 Å². The Labute approximate surface area is 108 Å². The highest BCUT2D eigenvalue weighted by molar-refractivity contribution is 5.32. The predicted molar refractivity (Wildman–Crippen MR) is 72.0 cm³/mol. The molecule has 0 atom stereocenters. The summed E-state index contributed by atoms with van der Waals surface area (Å²) in [6.45, 7) is 7.48. The van der Waals surface area contributed by atoms with E-state index in [0.29, 0.717) is 13.1 Å². The number of rotatable bonds is 4. The molecule has 0 aliphatic carbocycles. The van der Waals surface area contributed by atoms with E-state index >= 15 is 0 Å². The molecule has 1 aromatic rings. The fourth-order valence-corrected chi connectivity index (χ4v) is 1.31. The summed E-state index contributed by atoms with van der Waals surface area (Å²) in [6.07, 6.45) is 0. The molecule has 0 aliphatic heterocycles. The van der Waals surface area contributed by atoms with Gasteiger partial charge in [0.15, 0.2) is 0 Å². The Bertz CT molecular complexity index is 461. The van der Waals surface area contributed by atoms with Gasteiger partial charge >= 0.3 is 0 Å². The highest BCUT2D eigenvalue weighted by Crippen LogP contribution is 2.11. The molecule has 4 heteroatoms. The molecule has 0 unspecified atom stereocenters. The van der Waals surface area contributed by atoms with Crippen LogP contribution in [-0.2, 0) is 6.54 Å². The Balaban J connectivity index is 2.40. The van der Waals surface area contributed by atoms with E-state index in [1.54, 1.807) is 12.1 Å². The molecule has 96 valence electrons. The number of hydrogen-bond donors (Lipinski definition) is 1. The monoisotopic (exact) mass is 246 g/mol. The van der Waals surface area contributed by atoms with Crippen LogP contribution in [0.4, 0.5) is 5.69 Å². The lowest BCUT2D eigenvalue weighted by Gasteiger charge is -2.07. The first kappa shape index (κ1) is 14.2. The van der Waals surface area contributed by atoms with Gasteiger partial charge in [-0.05, 0) is 26.3 Å². The van der Waals surface area contributed by atoms with E-state index in [0.717, 1.165) is 5.56 Å². The molecule has 1 aromatic carbocycles. The molecule has 0 spiro atoms. The van der Waals surface area contributed by atoms with Gasteiger partial charge in [-0.2, -0.15) is 0 Å². The van der Waals surface area contributed by atoms with Crippen molar-refractivity contribution in [3.05, 3.63) is 39.9 Å². The van der Waals surface area contributed by atoms with Gasteiger partial charge in [0.05, 0.1) is 11.5 Å². The van der Waals surface area contributed by atoms with Crippen molar-refractivity contribution < 1.29 is 4.92 Å². The normalized spacial score (nSPS) is 10.6. The van der Waals surface area contributed by atoms with Gasteiger partial charge in [0, 0.05) is 24.1 Å². The number of benzene rings is 1. The van der Waals surface area contributed by atoms with Crippen LogP contribution in [0.5, 0.6) is 0 Å². The Kier molecular flexibility index (Phi) is 4.87. The van der Waals surface area contributed by atoms with Gasteiger partial charge in [-0.3, -0.25) is 10.1 Å². The number of hydrogen-bond acceptors (Lipinski definition) is 3. The number of nitrogens with zero attached hydrogens (tertiary/aromatic N) is 1. The van der Waals surface area contributed by atoms with Crippen LogP contribution >= 0.6 is 0 Å². The fourth-order valence-electron chi connectivity index (χ4n) is 1.31. The van der Waals surface area contributed by atoms with Gasteiger partial charge in [0.25, 0.3) is 5.69 Å². The third kappa shape index (κ3) is 5.46. The van der Waals surface area contributed by atoms with Crippen molar-refractivity contribution in [2.75, 3.05) is 6.54 Å². The van der Waals surface area contributed by atoms with Gasteiger partial charge in [-0.25, -0.2) is 0 Å². The molecule has 0 amide bonds. The molecule has 0 heterocycles. The largest absolute Gasteiger partial charge is 0.302 e. The van der Waals surface area contributed by atoms with E-state index in [2.05, 4.69) is 37.9 Å². The van der Waals surface area contributed by atoms with Crippen molar-refractivity contribution in [2.45, 2.75) is 27.3 Å². The molecule has 1 N–H and O–H groups in total. The minimum absolute atomic E-state index is 0.0229. The molecule has 1 rings (SSSR count). The first-order chi connectivity index (χ1) is 8.38. The highest BCUT2D eigenvalue weighted by Gasteiger charge is 2.04. The summed E-state index contributed by atoms with van der Waals surface area (Å²) in [6, 6.07) is 6.53. The summed E-state index contributed by atoms with van der Waals surface area (Å²) >= 11 is 0. The zero-order chi connectivity index (χ0) is 13.6. The van der Waals surface area contributed by atoms with E-state index in [4.69, 9.17) is 0 Å². The van der Waals surface area contributed by atoms with Crippen molar-refractivity contribution >= 4 is 5.69 Å². The van der Waals surface area contributed by atoms with Crippen molar-refractivity contribution in [3.8, 4) is 11.8 Å². The minimum Gasteiger partial charge on any atom is -0.302 e. The Hall–Kier alpha value is -1.86. The van der Waals surface area contributed by atoms with Crippen LogP contribution in [0.25, 0.3) is 0 Å². The summed E-state index contributed by atoms with van der Waals surface area (Å²) in [5.41, 5.74) is 1.15. The van der Waals surface area contributed by atoms with E-state index in [1.165, 1.54) is 12.1 Å². The predicted octanol–water partition coefficient (Wildman–Crippen LogP) is 2.73. The Morgan fingerprint density at radius 1 is 1.28 bits per heavy atom. The first-order valence-electron chi connectivity index (χ1n) is 5.82. The zero-order valence-corrected chi connectivity index (χ0v) is 11.0. The minimum atomic E-state index is -0.397. The van der Waals surface area contributed by atoms with Crippen LogP contribution in [-0.4, -0.2) is 11.5 Å². The van der Waals surface area contributed by atoms with Crippen LogP contribution in [0.3, 0.4) is 0 Å². The molecule has 18 heavy (non-hydrogen) atoms. The van der Waals surface area contributed by atoms with Crippen molar-refractivity contribution in [1.29, 1.82) is 0 Å². The van der Waals surface area contributed by atoms with Gasteiger partial charge in [0.1, 0.15) is 0 Å². The average molecular weight is 246 g/mol. The molecular weight excluding hydrogens is 228 g/mol. The molecule has 0 bridgehead atoms. The van der Waals surface area contributed by atoms with E-state index in [1.807, 2.05) is 0 Å². The molecule has 0 fully saturated rings. The third-order valence-electron chi connectivity index (χ3n) is 2.15. The number of nitro groups is 1. The van der Waals surface area contributed by atoms with Gasteiger partial charge in [-0.1, -0.05) is 24.0 Å². The molecule has 4 nitrogen and oxygen atoms in total. The Morgan fingerprint density at radius 3 is 2.39 bits per heavy atom. The number of non-ortho nitro benzene ring substituents is 1. The van der Waals surface area contributed by atoms with Crippen LogP contribution in [0.1, 0.15) is 26.3 Å². The average Bonchev–Trinajstić information content (AvgIpc) is 2.27. The molecule has 0 saturated carbocycles. The lowest BCUT2D eigenvalue weighted by atomic mass is 9.98. The third-order valence-corrected chi connectivity index (χ3v) is 2.15. The van der Waals surface area contributed by atoms with Gasteiger partial charge in [0.2, 0.25) is 0 Å². The van der Waals surface area contributed by atoms with Crippen LogP contribution < -0.4 is 5.32 Å². The SMILES string of the molecule is CC(C)(C)C#CCNCc1ccc([N+](=O)[O-])cc1. The second kappa shape index (κ2) is 6.18. The van der Waals surface area contributed by atoms with Crippen molar-refractivity contribution in [1.82, 2.24) is 5.32 Å². The van der Waals surface area contributed by atoms with E-state index < -0.39 is 4.92 Å². The topological polar surface area (TPSA) is 55.2 Å². The van der Waals surface area contributed by atoms with Crippen LogP contribution in [0, 0.1) is 27.4 Å². The second-order valence-corrected chi connectivity index (χ2v) is 5.08. The van der Waals surface area contributed by atoms with Gasteiger partial charge < -0.3 is 5.32 Å². The van der Waals surface area contributed by atoms with Crippen LogP contribution in [0.15, 0.2) is 24.3 Å².